The Morgan fingerprint density at radius 1 is 1.22 bits per heavy atom. The van der Waals surface area contributed by atoms with Crippen LogP contribution in [0.2, 0.25) is 0 Å². The number of imidazole rings is 1. The van der Waals surface area contributed by atoms with Crippen molar-refractivity contribution in [2.24, 2.45) is 5.92 Å². The molecule has 2 amide bonds. The molecule has 0 unspecified atom stereocenters. The molecule has 2 aromatic heterocycles. The van der Waals surface area contributed by atoms with Gasteiger partial charge in [-0.05, 0) is 56.7 Å². The summed E-state index contributed by atoms with van der Waals surface area (Å²) in [5, 5.41) is 7.43. The molecule has 36 heavy (non-hydrogen) atoms. The number of nitrogens with zero attached hydrogens (tertiary/aromatic N) is 5. The van der Waals surface area contributed by atoms with E-state index in [-0.39, 0.29) is 24.6 Å². The predicted octanol–water partition coefficient (Wildman–Crippen LogP) is 2.93. The second kappa shape index (κ2) is 10.7. The van der Waals surface area contributed by atoms with E-state index in [2.05, 4.69) is 10.4 Å². The molecule has 0 aliphatic carbocycles. The minimum atomic E-state index is -0.367. The van der Waals surface area contributed by atoms with Crippen molar-refractivity contribution in [1.29, 1.82) is 0 Å². The second-order valence-electron chi connectivity index (χ2n) is 9.65. The van der Waals surface area contributed by atoms with Crippen LogP contribution >= 0.6 is 0 Å². The Bertz CT molecular complexity index is 1210. The van der Waals surface area contributed by atoms with Gasteiger partial charge >= 0.3 is 6.09 Å². The Kier molecular flexibility index (Phi) is 7.22. The third-order valence-electron chi connectivity index (χ3n) is 7.32. The molecular formula is C26H34N6O4. The van der Waals surface area contributed by atoms with Gasteiger partial charge in [-0.2, -0.15) is 5.10 Å². The van der Waals surface area contributed by atoms with Crippen molar-refractivity contribution in [3.8, 4) is 0 Å². The molecule has 1 fully saturated rings. The summed E-state index contributed by atoms with van der Waals surface area (Å²) in [5.74, 6) is 1.27. The molecule has 1 N–H and O–H groups in total. The van der Waals surface area contributed by atoms with Gasteiger partial charge in [0, 0.05) is 56.7 Å². The molecule has 2 aliphatic heterocycles. The average Bonchev–Trinajstić information content (AvgIpc) is 3.54. The highest BCUT2D eigenvalue weighted by Crippen LogP contribution is 2.36. The number of hydrogen-bond acceptors (Lipinski definition) is 6. The Hall–Kier alpha value is -3.40. The van der Waals surface area contributed by atoms with E-state index < -0.39 is 0 Å². The van der Waals surface area contributed by atoms with Crippen molar-refractivity contribution in [2.45, 2.75) is 58.2 Å². The SMILES string of the molecule is COC(=O)N1c2ccc3c(nc(CCn4cccn4)n3CC(=O)NCC3CCOCC3)c2CC[C@@H]1C. The zero-order valence-electron chi connectivity index (χ0n) is 21.0. The molecular weight excluding hydrogens is 460 g/mol. The fraction of sp³-hybridized carbons (Fsp3) is 0.538. The van der Waals surface area contributed by atoms with Gasteiger partial charge in [0.25, 0.3) is 0 Å². The Labute approximate surface area is 210 Å². The minimum Gasteiger partial charge on any atom is -0.452 e. The highest BCUT2D eigenvalue weighted by Gasteiger charge is 2.31. The maximum absolute atomic E-state index is 13.0. The molecule has 1 atom stereocenters. The molecule has 0 saturated carbocycles. The number of nitrogens with one attached hydrogen (secondary N) is 1. The lowest BCUT2D eigenvalue weighted by Gasteiger charge is -2.34. The topological polar surface area (TPSA) is 104 Å². The highest BCUT2D eigenvalue weighted by atomic mass is 16.5. The van der Waals surface area contributed by atoms with Gasteiger partial charge in [0.15, 0.2) is 0 Å². The van der Waals surface area contributed by atoms with E-state index in [1.807, 2.05) is 40.6 Å². The third-order valence-corrected chi connectivity index (χ3v) is 7.32. The third kappa shape index (κ3) is 4.95. The molecule has 0 radical (unpaired) electrons. The van der Waals surface area contributed by atoms with Gasteiger partial charge in [0.2, 0.25) is 5.91 Å². The summed E-state index contributed by atoms with van der Waals surface area (Å²) in [5.41, 5.74) is 3.61. The molecule has 3 aromatic rings. The lowest BCUT2D eigenvalue weighted by Crippen LogP contribution is -2.42. The van der Waals surface area contributed by atoms with Crippen LogP contribution in [0.15, 0.2) is 30.6 Å². The smallest absolute Gasteiger partial charge is 0.414 e. The van der Waals surface area contributed by atoms with Crippen LogP contribution < -0.4 is 10.2 Å². The summed E-state index contributed by atoms with van der Waals surface area (Å²) in [6.07, 6.45) is 7.53. The van der Waals surface area contributed by atoms with Crippen molar-refractivity contribution in [1.82, 2.24) is 24.6 Å². The van der Waals surface area contributed by atoms with E-state index in [0.717, 1.165) is 67.0 Å². The number of ether oxygens (including phenoxy) is 2. The van der Waals surface area contributed by atoms with Crippen LogP contribution in [0.3, 0.4) is 0 Å². The first-order valence-corrected chi connectivity index (χ1v) is 12.7. The lowest BCUT2D eigenvalue weighted by atomic mass is 9.96. The van der Waals surface area contributed by atoms with Crippen molar-refractivity contribution in [3.63, 3.8) is 0 Å². The van der Waals surface area contributed by atoms with Crippen molar-refractivity contribution >= 4 is 28.7 Å². The number of anilines is 1. The molecule has 10 nitrogen and oxygen atoms in total. The standard InChI is InChI=1S/C26H34N6O4/c1-18-4-5-20-21(32(18)26(34)35-2)6-7-22-25(20)29-23(8-13-30-12-3-11-28-30)31(22)17-24(33)27-16-19-9-14-36-15-10-19/h3,6-7,11-12,18-19H,4-5,8-10,13-17H2,1-2H3,(H,27,33)/t18-/m0/s1. The summed E-state index contributed by atoms with van der Waals surface area (Å²) < 4.78 is 14.4. The summed E-state index contributed by atoms with van der Waals surface area (Å²) in [7, 11) is 1.41. The number of carbonyl (C=O) groups is 2. The first kappa shape index (κ1) is 24.3. The fourth-order valence-electron chi connectivity index (χ4n) is 5.28. The summed E-state index contributed by atoms with van der Waals surface area (Å²) in [6.45, 7) is 5.07. The van der Waals surface area contributed by atoms with E-state index in [0.29, 0.717) is 25.4 Å². The number of carbonyl (C=O) groups excluding carboxylic acids is 2. The monoisotopic (exact) mass is 494 g/mol. The van der Waals surface area contributed by atoms with E-state index in [9.17, 15) is 9.59 Å². The Morgan fingerprint density at radius 2 is 2.06 bits per heavy atom. The molecule has 1 aromatic carbocycles. The maximum Gasteiger partial charge on any atom is 0.414 e. The van der Waals surface area contributed by atoms with Crippen molar-refractivity contribution in [2.75, 3.05) is 31.8 Å². The van der Waals surface area contributed by atoms with Crippen LogP contribution in [0, 0.1) is 5.92 Å². The molecule has 10 heteroatoms. The number of aryl methyl sites for hydroxylation is 3. The number of rotatable bonds is 7. The highest BCUT2D eigenvalue weighted by molar-refractivity contribution is 5.95. The van der Waals surface area contributed by atoms with Crippen LogP contribution in [-0.2, 0) is 40.2 Å². The molecule has 0 bridgehead atoms. The molecule has 5 rings (SSSR count). The number of methoxy groups -OCH3 is 1. The average molecular weight is 495 g/mol. The molecule has 2 aliphatic rings. The Morgan fingerprint density at radius 3 is 2.81 bits per heavy atom. The normalized spacial score (nSPS) is 18.3. The first-order chi connectivity index (χ1) is 17.5. The van der Waals surface area contributed by atoms with Gasteiger partial charge in [0.1, 0.15) is 12.4 Å². The number of amides is 2. The van der Waals surface area contributed by atoms with Crippen LogP contribution in [0.1, 0.15) is 37.6 Å². The number of benzene rings is 1. The minimum absolute atomic E-state index is 0.0244. The quantitative estimate of drug-likeness (QED) is 0.542. The van der Waals surface area contributed by atoms with Gasteiger partial charge in [-0.15, -0.1) is 0 Å². The van der Waals surface area contributed by atoms with Crippen molar-refractivity contribution in [3.05, 3.63) is 42.0 Å². The van der Waals surface area contributed by atoms with Crippen LogP contribution in [0.25, 0.3) is 11.0 Å². The Balaban J connectivity index is 1.45. The number of fused-ring (bicyclic) bond motifs is 3. The van der Waals surface area contributed by atoms with Gasteiger partial charge in [-0.1, -0.05) is 0 Å². The molecule has 4 heterocycles. The van der Waals surface area contributed by atoms with Gasteiger partial charge < -0.3 is 19.4 Å². The maximum atomic E-state index is 13.0. The van der Waals surface area contributed by atoms with Crippen LogP contribution in [-0.4, -0.2) is 64.2 Å². The van der Waals surface area contributed by atoms with E-state index >= 15 is 0 Å². The number of hydrogen-bond donors (Lipinski definition) is 1. The molecule has 192 valence electrons. The van der Waals surface area contributed by atoms with Gasteiger partial charge in [0.05, 0.1) is 23.8 Å². The number of aromatic nitrogens is 4. The van der Waals surface area contributed by atoms with E-state index in [4.69, 9.17) is 14.5 Å². The molecule has 0 spiro atoms. The summed E-state index contributed by atoms with van der Waals surface area (Å²) in [6, 6.07) is 5.86. The first-order valence-electron chi connectivity index (χ1n) is 12.7. The van der Waals surface area contributed by atoms with Gasteiger partial charge in [-0.3, -0.25) is 14.4 Å². The predicted molar refractivity (Wildman–Crippen MR) is 135 cm³/mol. The van der Waals surface area contributed by atoms with Crippen LogP contribution in [0.4, 0.5) is 10.5 Å². The van der Waals surface area contributed by atoms with Crippen LogP contribution in [0.5, 0.6) is 0 Å². The fourth-order valence-corrected chi connectivity index (χ4v) is 5.28. The van der Waals surface area contributed by atoms with Crippen molar-refractivity contribution < 1.29 is 19.1 Å². The summed E-state index contributed by atoms with van der Waals surface area (Å²) >= 11 is 0. The van der Waals surface area contributed by atoms with Gasteiger partial charge in [-0.25, -0.2) is 9.78 Å². The second-order valence-corrected chi connectivity index (χ2v) is 9.65. The zero-order chi connectivity index (χ0) is 25.1. The molecule has 1 saturated heterocycles. The zero-order valence-corrected chi connectivity index (χ0v) is 21.0. The van der Waals surface area contributed by atoms with E-state index in [1.54, 1.807) is 11.1 Å². The van der Waals surface area contributed by atoms with E-state index in [1.165, 1.54) is 7.11 Å². The lowest BCUT2D eigenvalue weighted by molar-refractivity contribution is -0.122. The summed E-state index contributed by atoms with van der Waals surface area (Å²) in [4.78, 5) is 32.3. The largest absolute Gasteiger partial charge is 0.452 e.